The highest BCUT2D eigenvalue weighted by atomic mass is 16.5. The first-order valence-corrected chi connectivity index (χ1v) is 6.58. The topological polar surface area (TPSA) is 46.6 Å². The van der Waals surface area contributed by atoms with Gasteiger partial charge in [-0.2, -0.15) is 0 Å². The molecule has 2 aliphatic rings. The summed E-state index contributed by atoms with van der Waals surface area (Å²) < 4.78 is 5.17. The maximum absolute atomic E-state index is 12.1. The van der Waals surface area contributed by atoms with E-state index in [0.717, 1.165) is 25.9 Å². The molecule has 98 valence electrons. The third-order valence-electron chi connectivity index (χ3n) is 3.54. The van der Waals surface area contributed by atoms with E-state index in [-0.39, 0.29) is 11.9 Å². The number of cyclic esters (lactones) is 1. The van der Waals surface area contributed by atoms with Gasteiger partial charge in [0.05, 0.1) is 5.56 Å². The van der Waals surface area contributed by atoms with E-state index < -0.39 is 0 Å². The number of benzene rings is 1. The number of likely N-dealkylation sites (tertiary alicyclic amines) is 1. The highest BCUT2D eigenvalue weighted by Crippen LogP contribution is 2.29. The van der Waals surface area contributed by atoms with Crippen molar-refractivity contribution < 1.29 is 14.3 Å². The van der Waals surface area contributed by atoms with E-state index in [1.165, 1.54) is 12.5 Å². The number of amides is 1. The first-order valence-electron chi connectivity index (χ1n) is 6.58. The standard InChI is InChI=1S/C15H15NO3/c17-14(16-8-4-1-5-9-16)10-13-11-6-2-3-7-12(11)15(18)19-13/h2-3,6-7,10H,1,4-5,8-9H2. The minimum Gasteiger partial charge on any atom is -0.422 e. The second-order valence-electron chi connectivity index (χ2n) is 4.83. The molecular formula is C15H15NO3. The van der Waals surface area contributed by atoms with Gasteiger partial charge in [-0.15, -0.1) is 0 Å². The van der Waals surface area contributed by atoms with E-state index in [0.29, 0.717) is 16.9 Å². The Labute approximate surface area is 111 Å². The Morgan fingerprint density at radius 3 is 2.53 bits per heavy atom. The molecule has 1 fully saturated rings. The number of esters is 1. The lowest BCUT2D eigenvalue weighted by molar-refractivity contribution is -0.126. The normalized spacial score (nSPS) is 20.3. The lowest BCUT2D eigenvalue weighted by atomic mass is 10.1. The Bertz CT molecular complexity index is 556. The molecular weight excluding hydrogens is 242 g/mol. The van der Waals surface area contributed by atoms with E-state index >= 15 is 0 Å². The van der Waals surface area contributed by atoms with Crippen molar-refractivity contribution in [1.29, 1.82) is 0 Å². The summed E-state index contributed by atoms with van der Waals surface area (Å²) in [6.07, 6.45) is 4.71. The summed E-state index contributed by atoms with van der Waals surface area (Å²) in [5.74, 6) is -0.0799. The highest BCUT2D eigenvalue weighted by molar-refractivity contribution is 6.06. The highest BCUT2D eigenvalue weighted by Gasteiger charge is 2.27. The molecule has 2 heterocycles. The molecule has 0 aliphatic carbocycles. The smallest absolute Gasteiger partial charge is 0.344 e. The van der Waals surface area contributed by atoms with Crippen LogP contribution in [0.15, 0.2) is 30.3 Å². The van der Waals surface area contributed by atoms with Crippen LogP contribution in [0.4, 0.5) is 0 Å². The Kier molecular flexibility index (Phi) is 3.07. The maximum atomic E-state index is 12.1. The fourth-order valence-corrected chi connectivity index (χ4v) is 2.51. The van der Waals surface area contributed by atoms with Crippen LogP contribution >= 0.6 is 0 Å². The second-order valence-corrected chi connectivity index (χ2v) is 4.83. The van der Waals surface area contributed by atoms with Gasteiger partial charge in [-0.3, -0.25) is 4.79 Å². The van der Waals surface area contributed by atoms with E-state index in [9.17, 15) is 9.59 Å². The molecule has 4 heteroatoms. The van der Waals surface area contributed by atoms with Crippen molar-refractivity contribution in [1.82, 2.24) is 4.90 Å². The summed E-state index contributed by atoms with van der Waals surface area (Å²) in [5, 5.41) is 0. The number of piperidine rings is 1. The van der Waals surface area contributed by atoms with Crippen LogP contribution in [0.25, 0.3) is 5.76 Å². The Morgan fingerprint density at radius 1 is 1.11 bits per heavy atom. The van der Waals surface area contributed by atoms with Crippen LogP contribution in [0.1, 0.15) is 35.2 Å². The molecule has 0 atom stereocenters. The number of hydrogen-bond acceptors (Lipinski definition) is 3. The minimum absolute atomic E-state index is 0.0702. The number of carbonyl (C=O) groups excluding carboxylic acids is 2. The number of carbonyl (C=O) groups is 2. The molecule has 0 bridgehead atoms. The summed E-state index contributed by atoms with van der Waals surface area (Å²) in [7, 11) is 0. The van der Waals surface area contributed by atoms with Crippen molar-refractivity contribution in [3.05, 3.63) is 41.5 Å². The molecule has 3 rings (SSSR count). The molecule has 1 amide bonds. The molecule has 0 saturated carbocycles. The molecule has 1 saturated heterocycles. The molecule has 19 heavy (non-hydrogen) atoms. The van der Waals surface area contributed by atoms with Gasteiger partial charge in [0.1, 0.15) is 5.76 Å². The first-order chi connectivity index (χ1) is 9.25. The predicted molar refractivity (Wildman–Crippen MR) is 70.3 cm³/mol. The fourth-order valence-electron chi connectivity index (χ4n) is 2.51. The zero-order chi connectivity index (χ0) is 13.2. The van der Waals surface area contributed by atoms with Gasteiger partial charge in [0, 0.05) is 24.7 Å². The maximum Gasteiger partial charge on any atom is 0.344 e. The summed E-state index contributed by atoms with van der Waals surface area (Å²) in [4.78, 5) is 25.6. The van der Waals surface area contributed by atoms with Gasteiger partial charge in [0.2, 0.25) is 5.91 Å². The van der Waals surface area contributed by atoms with E-state index in [1.54, 1.807) is 18.2 Å². The number of fused-ring (bicyclic) bond motifs is 1. The van der Waals surface area contributed by atoms with Gasteiger partial charge >= 0.3 is 5.97 Å². The number of nitrogens with zero attached hydrogens (tertiary/aromatic N) is 1. The average Bonchev–Trinajstić information content (AvgIpc) is 2.77. The van der Waals surface area contributed by atoms with E-state index in [1.807, 2.05) is 11.0 Å². The molecule has 0 unspecified atom stereocenters. The molecule has 1 aromatic carbocycles. The lowest BCUT2D eigenvalue weighted by Crippen LogP contribution is -2.34. The fraction of sp³-hybridized carbons (Fsp3) is 0.333. The molecule has 0 radical (unpaired) electrons. The van der Waals surface area contributed by atoms with Crippen molar-refractivity contribution in [3.63, 3.8) is 0 Å². The van der Waals surface area contributed by atoms with Crippen LogP contribution < -0.4 is 0 Å². The van der Waals surface area contributed by atoms with Crippen LogP contribution in [-0.4, -0.2) is 29.9 Å². The molecule has 4 nitrogen and oxygen atoms in total. The van der Waals surface area contributed by atoms with Crippen molar-refractivity contribution in [2.45, 2.75) is 19.3 Å². The van der Waals surface area contributed by atoms with Gasteiger partial charge in [-0.25, -0.2) is 4.79 Å². The minimum atomic E-state index is -0.381. The Hall–Kier alpha value is -2.10. The SMILES string of the molecule is O=C1OC(=CC(=O)N2CCCCC2)c2ccccc21. The van der Waals surface area contributed by atoms with Crippen LogP contribution in [-0.2, 0) is 9.53 Å². The van der Waals surface area contributed by atoms with Gasteiger partial charge in [-0.1, -0.05) is 18.2 Å². The first kappa shape index (κ1) is 12.0. The van der Waals surface area contributed by atoms with E-state index in [4.69, 9.17) is 4.74 Å². The third-order valence-corrected chi connectivity index (χ3v) is 3.54. The quantitative estimate of drug-likeness (QED) is 0.572. The number of rotatable bonds is 1. The molecule has 1 aromatic rings. The zero-order valence-corrected chi connectivity index (χ0v) is 10.6. The van der Waals surface area contributed by atoms with E-state index in [2.05, 4.69) is 0 Å². The van der Waals surface area contributed by atoms with Crippen molar-refractivity contribution in [2.75, 3.05) is 13.1 Å². The zero-order valence-electron chi connectivity index (χ0n) is 10.6. The largest absolute Gasteiger partial charge is 0.422 e. The average molecular weight is 257 g/mol. The van der Waals surface area contributed by atoms with Gasteiger partial charge < -0.3 is 9.64 Å². The van der Waals surface area contributed by atoms with Gasteiger partial charge in [0.15, 0.2) is 0 Å². The lowest BCUT2D eigenvalue weighted by Gasteiger charge is -2.25. The summed E-state index contributed by atoms with van der Waals surface area (Å²) in [6.45, 7) is 1.58. The summed E-state index contributed by atoms with van der Waals surface area (Å²) in [5.41, 5.74) is 1.23. The van der Waals surface area contributed by atoms with Crippen LogP contribution in [0.2, 0.25) is 0 Å². The molecule has 0 aromatic heterocycles. The third kappa shape index (κ3) is 2.26. The summed E-state index contributed by atoms with van der Waals surface area (Å²) in [6, 6.07) is 7.13. The summed E-state index contributed by atoms with van der Waals surface area (Å²) >= 11 is 0. The van der Waals surface area contributed by atoms with Gasteiger partial charge in [0.25, 0.3) is 0 Å². The van der Waals surface area contributed by atoms with Gasteiger partial charge in [-0.05, 0) is 25.3 Å². The molecule has 0 spiro atoms. The predicted octanol–water partition coefficient (Wildman–Crippen LogP) is 2.21. The molecule has 2 aliphatic heterocycles. The molecule has 0 N–H and O–H groups in total. The van der Waals surface area contributed by atoms with Crippen molar-refractivity contribution >= 4 is 17.6 Å². The Morgan fingerprint density at radius 2 is 1.79 bits per heavy atom. The number of hydrogen-bond donors (Lipinski definition) is 0. The van der Waals surface area contributed by atoms with Crippen LogP contribution in [0.5, 0.6) is 0 Å². The van der Waals surface area contributed by atoms with Crippen molar-refractivity contribution in [2.24, 2.45) is 0 Å². The monoisotopic (exact) mass is 257 g/mol. The Balaban J connectivity index is 1.85. The van der Waals surface area contributed by atoms with Crippen LogP contribution in [0, 0.1) is 0 Å². The van der Waals surface area contributed by atoms with Crippen molar-refractivity contribution in [3.8, 4) is 0 Å². The number of ether oxygens (including phenoxy) is 1. The van der Waals surface area contributed by atoms with Crippen LogP contribution in [0.3, 0.4) is 0 Å². The second kappa shape index (κ2) is 4.88.